The van der Waals surface area contributed by atoms with Gasteiger partial charge in [0.2, 0.25) is 5.28 Å². The normalized spacial score (nSPS) is 19.2. The average Bonchev–Trinajstić information content (AvgIpc) is 2.89. The lowest BCUT2D eigenvalue weighted by Gasteiger charge is -2.13. The van der Waals surface area contributed by atoms with Gasteiger partial charge in [0.25, 0.3) is 5.56 Å². The zero-order chi connectivity index (χ0) is 13.4. The molecule has 19 heavy (non-hydrogen) atoms. The number of hydrogen-bond acceptors (Lipinski definition) is 3. The van der Waals surface area contributed by atoms with Crippen LogP contribution in [0.2, 0.25) is 5.28 Å². The Labute approximate surface area is 116 Å². The predicted molar refractivity (Wildman–Crippen MR) is 76.7 cm³/mol. The third-order valence-electron chi connectivity index (χ3n) is 3.74. The molecule has 1 aromatic carbocycles. The van der Waals surface area contributed by atoms with Gasteiger partial charge in [-0.1, -0.05) is 12.1 Å². The number of rotatable bonds is 2. The average molecular weight is 278 g/mol. The Kier molecular flexibility index (Phi) is 3.29. The molecule has 1 atom stereocenters. The van der Waals surface area contributed by atoms with Crippen LogP contribution in [0.15, 0.2) is 23.0 Å². The number of nitrogens with zero attached hydrogens (tertiary/aromatic N) is 2. The minimum atomic E-state index is -0.0365. The maximum absolute atomic E-state index is 12.5. The molecule has 2 heterocycles. The van der Waals surface area contributed by atoms with Gasteiger partial charge in [-0.05, 0) is 55.6 Å². The Hall–Kier alpha value is -1.39. The van der Waals surface area contributed by atoms with Crippen molar-refractivity contribution in [3.8, 4) is 0 Å². The van der Waals surface area contributed by atoms with Crippen LogP contribution in [0.3, 0.4) is 0 Å². The van der Waals surface area contributed by atoms with Gasteiger partial charge in [-0.2, -0.15) is 0 Å². The lowest BCUT2D eigenvalue weighted by Crippen LogP contribution is -2.27. The van der Waals surface area contributed by atoms with Crippen molar-refractivity contribution in [2.24, 2.45) is 5.92 Å². The van der Waals surface area contributed by atoms with E-state index in [4.69, 9.17) is 11.6 Å². The molecule has 1 aliphatic rings. The van der Waals surface area contributed by atoms with Crippen LogP contribution in [0.5, 0.6) is 0 Å². The maximum atomic E-state index is 12.5. The Balaban J connectivity index is 2.12. The van der Waals surface area contributed by atoms with E-state index >= 15 is 0 Å². The minimum absolute atomic E-state index is 0.0365. The number of nitrogens with one attached hydrogen (secondary N) is 1. The van der Waals surface area contributed by atoms with Gasteiger partial charge in [0.15, 0.2) is 0 Å². The third-order valence-corrected chi connectivity index (χ3v) is 4.03. The van der Waals surface area contributed by atoms with Crippen LogP contribution in [-0.2, 0) is 6.54 Å². The van der Waals surface area contributed by atoms with Crippen molar-refractivity contribution >= 4 is 22.5 Å². The van der Waals surface area contributed by atoms with Gasteiger partial charge in [0.1, 0.15) is 0 Å². The summed E-state index contributed by atoms with van der Waals surface area (Å²) in [5.41, 5.74) is 1.65. The summed E-state index contributed by atoms with van der Waals surface area (Å²) in [7, 11) is 0. The molecule has 1 aliphatic heterocycles. The van der Waals surface area contributed by atoms with E-state index in [1.54, 1.807) is 4.57 Å². The lowest BCUT2D eigenvalue weighted by atomic mass is 10.1. The first-order valence-corrected chi connectivity index (χ1v) is 6.91. The second kappa shape index (κ2) is 4.94. The summed E-state index contributed by atoms with van der Waals surface area (Å²) < 4.78 is 1.60. The molecule has 1 fully saturated rings. The van der Waals surface area contributed by atoms with Crippen molar-refractivity contribution in [2.45, 2.75) is 19.9 Å². The zero-order valence-electron chi connectivity index (χ0n) is 10.8. The first-order valence-electron chi connectivity index (χ1n) is 6.53. The highest BCUT2D eigenvalue weighted by Gasteiger charge is 2.18. The van der Waals surface area contributed by atoms with Crippen molar-refractivity contribution in [2.75, 3.05) is 13.1 Å². The van der Waals surface area contributed by atoms with Crippen LogP contribution in [0.4, 0.5) is 0 Å². The van der Waals surface area contributed by atoms with Crippen LogP contribution in [0.1, 0.15) is 12.0 Å². The molecule has 0 bridgehead atoms. The SMILES string of the molecule is Cc1cccc2c(=O)n(CC3CCNC3)c(Cl)nc12. The van der Waals surface area contributed by atoms with Crippen molar-refractivity contribution in [1.82, 2.24) is 14.9 Å². The molecular weight excluding hydrogens is 262 g/mol. The predicted octanol–water partition coefficient (Wildman–Crippen LogP) is 1.97. The van der Waals surface area contributed by atoms with E-state index in [0.717, 1.165) is 25.1 Å². The number of benzene rings is 1. The largest absolute Gasteiger partial charge is 0.316 e. The molecule has 2 aromatic rings. The Morgan fingerprint density at radius 2 is 2.37 bits per heavy atom. The highest BCUT2D eigenvalue weighted by molar-refractivity contribution is 6.28. The number of aromatic nitrogens is 2. The van der Waals surface area contributed by atoms with Crippen LogP contribution in [-0.4, -0.2) is 22.6 Å². The van der Waals surface area contributed by atoms with E-state index in [1.165, 1.54) is 0 Å². The molecule has 1 unspecified atom stereocenters. The summed E-state index contributed by atoms with van der Waals surface area (Å²) in [6.45, 7) is 4.53. The van der Waals surface area contributed by atoms with Gasteiger partial charge < -0.3 is 5.32 Å². The summed E-state index contributed by atoms with van der Waals surface area (Å²) in [5.74, 6) is 0.458. The first-order chi connectivity index (χ1) is 9.16. The summed E-state index contributed by atoms with van der Waals surface area (Å²) in [6, 6.07) is 5.64. The zero-order valence-corrected chi connectivity index (χ0v) is 11.6. The molecule has 5 heteroatoms. The third kappa shape index (κ3) is 2.26. The van der Waals surface area contributed by atoms with Gasteiger partial charge in [0.05, 0.1) is 10.9 Å². The van der Waals surface area contributed by atoms with Crippen LogP contribution >= 0.6 is 11.6 Å². The molecular formula is C14H16ClN3O. The van der Waals surface area contributed by atoms with E-state index in [2.05, 4.69) is 10.3 Å². The summed E-state index contributed by atoms with van der Waals surface area (Å²) in [6.07, 6.45) is 1.08. The van der Waals surface area contributed by atoms with Gasteiger partial charge in [0, 0.05) is 6.54 Å². The van der Waals surface area contributed by atoms with Crippen molar-refractivity contribution < 1.29 is 0 Å². The minimum Gasteiger partial charge on any atom is -0.316 e. The molecule has 1 aromatic heterocycles. The monoisotopic (exact) mass is 277 g/mol. The van der Waals surface area contributed by atoms with Crippen LogP contribution in [0, 0.1) is 12.8 Å². The Morgan fingerprint density at radius 1 is 1.53 bits per heavy atom. The number of aryl methyl sites for hydroxylation is 1. The molecule has 1 saturated heterocycles. The molecule has 0 spiro atoms. The van der Waals surface area contributed by atoms with Gasteiger partial charge in [-0.25, -0.2) is 4.98 Å². The highest BCUT2D eigenvalue weighted by atomic mass is 35.5. The van der Waals surface area contributed by atoms with Crippen LogP contribution < -0.4 is 10.9 Å². The summed E-state index contributed by atoms with van der Waals surface area (Å²) in [4.78, 5) is 16.9. The quantitative estimate of drug-likeness (QED) is 0.854. The second-order valence-electron chi connectivity index (χ2n) is 5.13. The van der Waals surface area contributed by atoms with Crippen molar-refractivity contribution in [3.05, 3.63) is 39.4 Å². The second-order valence-corrected chi connectivity index (χ2v) is 5.46. The molecule has 0 amide bonds. The smallest absolute Gasteiger partial charge is 0.262 e. The molecule has 1 N–H and O–H groups in total. The summed E-state index contributed by atoms with van der Waals surface area (Å²) in [5, 5.41) is 4.24. The van der Waals surface area contributed by atoms with E-state index < -0.39 is 0 Å². The first kappa shape index (κ1) is 12.6. The fourth-order valence-corrected chi connectivity index (χ4v) is 2.88. The maximum Gasteiger partial charge on any atom is 0.262 e. The Morgan fingerprint density at radius 3 is 3.11 bits per heavy atom. The van der Waals surface area contributed by atoms with Gasteiger partial charge >= 0.3 is 0 Å². The van der Waals surface area contributed by atoms with E-state index in [-0.39, 0.29) is 5.56 Å². The number of hydrogen-bond donors (Lipinski definition) is 1. The standard InChI is InChI=1S/C14H16ClN3O/c1-9-3-2-4-11-12(9)17-14(15)18(13(11)19)8-10-5-6-16-7-10/h2-4,10,16H,5-8H2,1H3. The lowest BCUT2D eigenvalue weighted by molar-refractivity contribution is 0.470. The Bertz CT molecular complexity index is 674. The topological polar surface area (TPSA) is 46.9 Å². The van der Waals surface area contributed by atoms with Crippen molar-refractivity contribution in [1.29, 1.82) is 0 Å². The number of halogens is 1. The van der Waals surface area contributed by atoms with Crippen LogP contribution in [0.25, 0.3) is 10.9 Å². The molecule has 4 nitrogen and oxygen atoms in total. The fraction of sp³-hybridized carbons (Fsp3) is 0.429. The highest BCUT2D eigenvalue weighted by Crippen LogP contribution is 2.18. The van der Waals surface area contributed by atoms with Crippen molar-refractivity contribution in [3.63, 3.8) is 0 Å². The van der Waals surface area contributed by atoms with Gasteiger partial charge in [-0.3, -0.25) is 9.36 Å². The number of para-hydroxylation sites is 1. The molecule has 0 radical (unpaired) electrons. The van der Waals surface area contributed by atoms with E-state index in [9.17, 15) is 4.79 Å². The molecule has 100 valence electrons. The fourth-order valence-electron chi connectivity index (χ4n) is 2.65. The van der Waals surface area contributed by atoms with Gasteiger partial charge in [-0.15, -0.1) is 0 Å². The molecule has 3 rings (SSSR count). The molecule has 0 saturated carbocycles. The number of fused-ring (bicyclic) bond motifs is 1. The van der Waals surface area contributed by atoms with E-state index in [0.29, 0.717) is 28.6 Å². The molecule has 0 aliphatic carbocycles. The summed E-state index contributed by atoms with van der Waals surface area (Å²) >= 11 is 6.19. The van der Waals surface area contributed by atoms with E-state index in [1.807, 2.05) is 25.1 Å².